The van der Waals surface area contributed by atoms with Crippen LogP contribution in [0.25, 0.3) is 0 Å². The van der Waals surface area contributed by atoms with Gasteiger partial charge in [-0.3, -0.25) is 4.79 Å². The summed E-state index contributed by atoms with van der Waals surface area (Å²) in [6.45, 7) is 4.40. The van der Waals surface area contributed by atoms with Crippen molar-refractivity contribution in [2.45, 2.75) is 31.6 Å². The van der Waals surface area contributed by atoms with Crippen molar-refractivity contribution in [3.8, 4) is 5.75 Å². The third-order valence-corrected chi connectivity index (χ3v) is 7.26. The zero-order valence-corrected chi connectivity index (χ0v) is 18.3. The molecule has 1 aliphatic heterocycles. The Kier molecular flexibility index (Phi) is 6.51. The van der Waals surface area contributed by atoms with Crippen LogP contribution in [0.2, 0.25) is 5.02 Å². The number of ether oxygens (including phenoxy) is 1. The lowest BCUT2D eigenvalue weighted by Gasteiger charge is -2.31. The highest BCUT2D eigenvalue weighted by atomic mass is 35.5. The molecule has 1 atom stereocenters. The largest absolute Gasteiger partial charge is 0.495 e. The van der Waals surface area contributed by atoms with Crippen molar-refractivity contribution in [2.75, 3.05) is 25.5 Å². The van der Waals surface area contributed by atoms with Crippen LogP contribution >= 0.6 is 11.6 Å². The highest BCUT2D eigenvalue weighted by Gasteiger charge is 2.35. The molecule has 1 aliphatic rings. The maximum Gasteiger partial charge on any atom is 0.246 e. The summed E-state index contributed by atoms with van der Waals surface area (Å²) in [6.07, 6.45) is 1.24. The third kappa shape index (κ3) is 4.74. The van der Waals surface area contributed by atoms with Gasteiger partial charge in [0.15, 0.2) is 0 Å². The van der Waals surface area contributed by atoms with Crippen LogP contribution in [-0.4, -0.2) is 38.8 Å². The van der Waals surface area contributed by atoms with E-state index in [1.807, 2.05) is 32.0 Å². The molecular weight excluding hydrogens is 412 g/mol. The molecule has 156 valence electrons. The number of methoxy groups -OCH3 is 1. The number of hydrogen-bond acceptors (Lipinski definition) is 4. The molecule has 0 bridgehead atoms. The van der Waals surface area contributed by atoms with Crippen LogP contribution in [0.1, 0.15) is 24.0 Å². The number of carbonyl (C=O) groups excluding carboxylic acids is 1. The van der Waals surface area contributed by atoms with E-state index in [-0.39, 0.29) is 23.1 Å². The van der Waals surface area contributed by atoms with Crippen LogP contribution in [0.5, 0.6) is 5.75 Å². The first-order valence-corrected chi connectivity index (χ1v) is 11.3. The quantitative estimate of drug-likeness (QED) is 0.768. The van der Waals surface area contributed by atoms with Gasteiger partial charge < -0.3 is 10.1 Å². The van der Waals surface area contributed by atoms with E-state index in [0.29, 0.717) is 24.4 Å². The van der Waals surface area contributed by atoms with Gasteiger partial charge in [0.05, 0.1) is 13.0 Å². The van der Waals surface area contributed by atoms with Gasteiger partial charge in [0, 0.05) is 23.8 Å². The van der Waals surface area contributed by atoms with Gasteiger partial charge in [0.25, 0.3) is 0 Å². The molecule has 1 N–H and O–H groups in total. The van der Waals surface area contributed by atoms with Gasteiger partial charge in [0.2, 0.25) is 15.9 Å². The predicted molar refractivity (Wildman–Crippen MR) is 114 cm³/mol. The van der Waals surface area contributed by atoms with Crippen LogP contribution in [-0.2, 0) is 14.8 Å². The molecule has 8 heteroatoms. The molecular formula is C21H25ClN2O4S. The first-order chi connectivity index (χ1) is 13.7. The highest BCUT2D eigenvalue weighted by Crippen LogP contribution is 2.32. The molecule has 0 aromatic heterocycles. The molecule has 6 nitrogen and oxygen atoms in total. The average Bonchev–Trinajstić information content (AvgIpc) is 2.70. The molecule has 0 saturated carbocycles. The van der Waals surface area contributed by atoms with Gasteiger partial charge in [-0.2, -0.15) is 4.31 Å². The van der Waals surface area contributed by atoms with E-state index in [1.165, 1.54) is 23.5 Å². The van der Waals surface area contributed by atoms with Crippen LogP contribution < -0.4 is 10.1 Å². The number of rotatable bonds is 5. The van der Waals surface area contributed by atoms with Crippen LogP contribution in [0.4, 0.5) is 5.69 Å². The Morgan fingerprint density at radius 1 is 1.21 bits per heavy atom. The summed E-state index contributed by atoms with van der Waals surface area (Å²) in [7, 11) is -2.42. The summed E-state index contributed by atoms with van der Waals surface area (Å²) in [5.41, 5.74) is 2.84. The van der Waals surface area contributed by atoms with E-state index in [9.17, 15) is 13.2 Å². The fourth-order valence-corrected chi connectivity index (χ4v) is 5.50. The fraction of sp³-hybridized carbons (Fsp3) is 0.381. The number of sulfonamides is 1. The van der Waals surface area contributed by atoms with Crippen molar-refractivity contribution < 1.29 is 17.9 Å². The first kappa shape index (κ1) is 21.6. The second kappa shape index (κ2) is 8.73. The Morgan fingerprint density at radius 2 is 1.97 bits per heavy atom. The minimum Gasteiger partial charge on any atom is -0.495 e. The summed E-state index contributed by atoms with van der Waals surface area (Å²) in [5, 5.41) is 3.26. The number of anilines is 1. The minimum absolute atomic E-state index is 0.0166. The number of carbonyl (C=O) groups is 1. The molecule has 1 fully saturated rings. The smallest absolute Gasteiger partial charge is 0.246 e. The molecule has 1 heterocycles. The van der Waals surface area contributed by atoms with Crippen molar-refractivity contribution in [1.82, 2.24) is 4.31 Å². The molecule has 1 amide bonds. The number of piperidine rings is 1. The lowest BCUT2D eigenvalue weighted by molar-refractivity contribution is -0.120. The Labute approximate surface area is 176 Å². The molecule has 0 spiro atoms. The number of hydrogen-bond donors (Lipinski definition) is 1. The second-order valence-electron chi connectivity index (χ2n) is 7.31. The molecule has 0 aliphatic carbocycles. The Hall–Kier alpha value is -2.09. The number of benzene rings is 2. The standard InChI is InChI=1S/C21H25ClN2O4S/c1-14-6-8-18(15(2)11-14)23-21(25)16-5-4-10-24(13-16)29(26,27)20-12-17(22)7-9-19(20)28-3/h6-9,11-12,16H,4-5,10,13H2,1-3H3,(H,23,25)/t16-/m0/s1. The lowest BCUT2D eigenvalue weighted by atomic mass is 9.98. The van der Waals surface area contributed by atoms with Gasteiger partial charge in [-0.05, 0) is 56.5 Å². The molecule has 2 aromatic rings. The zero-order chi connectivity index (χ0) is 21.2. The SMILES string of the molecule is COc1ccc(Cl)cc1S(=O)(=O)N1CCC[C@H](C(=O)Nc2ccc(C)cc2C)C1. The Morgan fingerprint density at radius 3 is 2.66 bits per heavy atom. The summed E-state index contributed by atoms with van der Waals surface area (Å²) in [6, 6.07) is 10.3. The minimum atomic E-state index is -3.84. The summed E-state index contributed by atoms with van der Waals surface area (Å²) >= 11 is 6.01. The number of amides is 1. The molecule has 0 unspecified atom stereocenters. The van der Waals surface area contributed by atoms with Crippen molar-refractivity contribution in [3.05, 3.63) is 52.5 Å². The van der Waals surface area contributed by atoms with E-state index in [2.05, 4.69) is 5.32 Å². The Balaban J connectivity index is 1.79. The van der Waals surface area contributed by atoms with Gasteiger partial charge in [-0.15, -0.1) is 0 Å². The maximum atomic E-state index is 13.2. The van der Waals surface area contributed by atoms with E-state index >= 15 is 0 Å². The molecule has 0 radical (unpaired) electrons. The topological polar surface area (TPSA) is 75.7 Å². The molecule has 29 heavy (non-hydrogen) atoms. The Bertz CT molecular complexity index is 1020. The fourth-order valence-electron chi connectivity index (χ4n) is 3.55. The van der Waals surface area contributed by atoms with E-state index in [4.69, 9.17) is 16.3 Å². The predicted octanol–water partition coefficient (Wildman–Crippen LogP) is 4.00. The van der Waals surface area contributed by atoms with E-state index < -0.39 is 15.9 Å². The van der Waals surface area contributed by atoms with Crippen LogP contribution in [0.3, 0.4) is 0 Å². The lowest BCUT2D eigenvalue weighted by Crippen LogP contribution is -2.43. The number of nitrogens with one attached hydrogen (secondary N) is 1. The monoisotopic (exact) mass is 436 g/mol. The molecule has 3 rings (SSSR count). The van der Waals surface area contributed by atoms with Gasteiger partial charge in [0.1, 0.15) is 10.6 Å². The summed E-state index contributed by atoms with van der Waals surface area (Å²) < 4.78 is 32.9. The number of aryl methyl sites for hydroxylation is 2. The first-order valence-electron chi connectivity index (χ1n) is 9.44. The highest BCUT2D eigenvalue weighted by molar-refractivity contribution is 7.89. The van der Waals surface area contributed by atoms with E-state index in [1.54, 1.807) is 6.07 Å². The molecule has 2 aromatic carbocycles. The average molecular weight is 437 g/mol. The number of nitrogens with zero attached hydrogens (tertiary/aromatic N) is 1. The van der Waals surface area contributed by atoms with Crippen molar-refractivity contribution >= 4 is 33.2 Å². The van der Waals surface area contributed by atoms with Crippen LogP contribution in [0, 0.1) is 19.8 Å². The van der Waals surface area contributed by atoms with Gasteiger partial charge >= 0.3 is 0 Å². The zero-order valence-electron chi connectivity index (χ0n) is 16.7. The summed E-state index contributed by atoms with van der Waals surface area (Å²) in [5.74, 6) is -0.365. The van der Waals surface area contributed by atoms with Crippen molar-refractivity contribution in [1.29, 1.82) is 0 Å². The van der Waals surface area contributed by atoms with Crippen molar-refractivity contribution in [2.24, 2.45) is 5.92 Å². The maximum absolute atomic E-state index is 13.2. The summed E-state index contributed by atoms with van der Waals surface area (Å²) in [4.78, 5) is 12.8. The van der Waals surface area contributed by atoms with Gasteiger partial charge in [-0.25, -0.2) is 8.42 Å². The van der Waals surface area contributed by atoms with E-state index in [0.717, 1.165) is 16.8 Å². The number of halogens is 1. The second-order valence-corrected chi connectivity index (χ2v) is 9.65. The normalized spacial score (nSPS) is 17.7. The third-order valence-electron chi connectivity index (χ3n) is 5.14. The van der Waals surface area contributed by atoms with Crippen molar-refractivity contribution in [3.63, 3.8) is 0 Å². The van der Waals surface area contributed by atoms with Crippen LogP contribution in [0.15, 0.2) is 41.3 Å². The molecule has 1 saturated heterocycles. The van der Waals surface area contributed by atoms with Gasteiger partial charge in [-0.1, -0.05) is 29.3 Å².